The summed E-state index contributed by atoms with van der Waals surface area (Å²) in [6.07, 6.45) is 1.77. The van der Waals surface area contributed by atoms with Gasteiger partial charge in [-0.15, -0.1) is 0 Å². The van der Waals surface area contributed by atoms with Crippen molar-refractivity contribution >= 4 is 17.5 Å². The summed E-state index contributed by atoms with van der Waals surface area (Å²) in [5.41, 5.74) is 2.10. The molecule has 0 radical (unpaired) electrons. The van der Waals surface area contributed by atoms with Gasteiger partial charge in [-0.05, 0) is 44.0 Å². The Labute approximate surface area is 160 Å². The predicted octanol–water partition coefficient (Wildman–Crippen LogP) is 3.03. The maximum absolute atomic E-state index is 12.4. The van der Waals surface area contributed by atoms with Crippen LogP contribution in [0.2, 0.25) is 5.02 Å². The molecule has 0 bridgehead atoms. The van der Waals surface area contributed by atoms with Gasteiger partial charge in [-0.2, -0.15) is 4.98 Å². The van der Waals surface area contributed by atoms with Crippen molar-refractivity contribution in [2.45, 2.75) is 32.1 Å². The van der Waals surface area contributed by atoms with Gasteiger partial charge in [0.05, 0.1) is 6.42 Å². The molecular formula is C18H18ClN5O3. The smallest absolute Gasteiger partial charge is 0.230 e. The quantitative estimate of drug-likeness (QED) is 0.678. The third kappa shape index (κ3) is 3.85. The van der Waals surface area contributed by atoms with Crippen LogP contribution < -0.4 is 0 Å². The third-order valence-electron chi connectivity index (χ3n) is 4.81. The second kappa shape index (κ2) is 7.48. The van der Waals surface area contributed by atoms with E-state index in [1.54, 1.807) is 19.1 Å². The van der Waals surface area contributed by atoms with Gasteiger partial charge in [-0.3, -0.25) is 4.79 Å². The fourth-order valence-corrected chi connectivity index (χ4v) is 3.28. The van der Waals surface area contributed by atoms with E-state index < -0.39 is 0 Å². The number of halogens is 1. The molecule has 1 aliphatic heterocycles. The molecule has 2 aromatic heterocycles. The molecule has 0 spiro atoms. The van der Waals surface area contributed by atoms with E-state index in [4.69, 9.17) is 16.1 Å². The van der Waals surface area contributed by atoms with Crippen LogP contribution in [-0.2, 0) is 11.2 Å². The number of aromatic nitrogens is 4. The second-order valence-corrected chi connectivity index (χ2v) is 7.03. The van der Waals surface area contributed by atoms with Crippen LogP contribution in [0.1, 0.15) is 36.0 Å². The predicted molar refractivity (Wildman–Crippen MR) is 96.0 cm³/mol. The van der Waals surface area contributed by atoms with E-state index in [1.807, 2.05) is 17.0 Å². The van der Waals surface area contributed by atoms with Crippen molar-refractivity contribution in [3.8, 4) is 11.4 Å². The number of aryl methyl sites for hydroxylation is 1. The zero-order chi connectivity index (χ0) is 18.8. The highest BCUT2D eigenvalue weighted by molar-refractivity contribution is 6.30. The fourth-order valence-electron chi connectivity index (χ4n) is 3.16. The molecule has 1 aliphatic rings. The second-order valence-electron chi connectivity index (χ2n) is 6.59. The molecular weight excluding hydrogens is 370 g/mol. The van der Waals surface area contributed by atoms with Crippen LogP contribution in [0.3, 0.4) is 0 Å². The van der Waals surface area contributed by atoms with Gasteiger partial charge in [0.25, 0.3) is 0 Å². The number of carbonyl (C=O) groups is 1. The number of rotatable bonds is 4. The van der Waals surface area contributed by atoms with Gasteiger partial charge in [0, 0.05) is 29.6 Å². The Balaban J connectivity index is 1.36. The number of nitrogens with zero attached hydrogens (tertiary/aromatic N) is 5. The van der Waals surface area contributed by atoms with Crippen LogP contribution >= 0.6 is 11.6 Å². The van der Waals surface area contributed by atoms with Crippen molar-refractivity contribution in [1.29, 1.82) is 0 Å². The fraction of sp³-hybridized carbons (Fsp3) is 0.389. The van der Waals surface area contributed by atoms with E-state index in [9.17, 15) is 4.79 Å². The Morgan fingerprint density at radius 1 is 1.19 bits per heavy atom. The first kappa shape index (κ1) is 17.7. The van der Waals surface area contributed by atoms with Crippen LogP contribution in [0.5, 0.6) is 0 Å². The lowest BCUT2D eigenvalue weighted by atomic mass is 9.96. The highest BCUT2D eigenvalue weighted by atomic mass is 35.5. The highest BCUT2D eigenvalue weighted by Crippen LogP contribution is 2.29. The van der Waals surface area contributed by atoms with E-state index in [1.165, 1.54) is 0 Å². The van der Waals surface area contributed by atoms with Gasteiger partial charge in [-0.1, -0.05) is 27.1 Å². The minimum atomic E-state index is 0.0274. The van der Waals surface area contributed by atoms with E-state index in [0.29, 0.717) is 41.2 Å². The molecule has 0 atom stereocenters. The van der Waals surface area contributed by atoms with Crippen molar-refractivity contribution in [3.05, 3.63) is 46.6 Å². The summed E-state index contributed by atoms with van der Waals surface area (Å²) in [6, 6.07) is 7.31. The highest BCUT2D eigenvalue weighted by Gasteiger charge is 2.28. The summed E-state index contributed by atoms with van der Waals surface area (Å²) in [5, 5.41) is 12.2. The number of hydrogen-bond acceptors (Lipinski definition) is 7. The number of carbonyl (C=O) groups excluding carboxylic acids is 1. The number of hydrogen-bond donors (Lipinski definition) is 0. The van der Waals surface area contributed by atoms with Crippen molar-refractivity contribution < 1.29 is 13.9 Å². The minimum Gasteiger partial charge on any atom is -0.342 e. The third-order valence-corrected chi connectivity index (χ3v) is 5.06. The Bertz CT molecular complexity index is 929. The molecule has 1 fully saturated rings. The molecule has 0 saturated carbocycles. The van der Waals surface area contributed by atoms with Crippen molar-refractivity contribution in [2.75, 3.05) is 13.1 Å². The number of benzene rings is 1. The molecule has 0 aliphatic carbocycles. The molecule has 4 rings (SSSR count). The standard InChI is InChI=1S/C18H18ClN5O3/c1-11-15(22-27-21-11)10-16(25)24-8-6-13(7-9-24)18-20-17(23-26-18)12-2-4-14(19)5-3-12/h2-5,13H,6-10H2,1H3. The summed E-state index contributed by atoms with van der Waals surface area (Å²) in [6.45, 7) is 3.07. The summed E-state index contributed by atoms with van der Waals surface area (Å²) in [5.74, 6) is 1.34. The Morgan fingerprint density at radius 2 is 1.93 bits per heavy atom. The van der Waals surface area contributed by atoms with Crippen LogP contribution in [0.15, 0.2) is 33.4 Å². The number of piperidine rings is 1. The normalized spacial score (nSPS) is 15.3. The lowest BCUT2D eigenvalue weighted by Crippen LogP contribution is -2.39. The van der Waals surface area contributed by atoms with Crippen LogP contribution in [0, 0.1) is 6.92 Å². The van der Waals surface area contributed by atoms with Gasteiger partial charge in [0.1, 0.15) is 11.4 Å². The van der Waals surface area contributed by atoms with Gasteiger partial charge >= 0.3 is 0 Å². The molecule has 1 aromatic carbocycles. The monoisotopic (exact) mass is 387 g/mol. The molecule has 8 nitrogen and oxygen atoms in total. The molecule has 0 unspecified atom stereocenters. The SMILES string of the molecule is Cc1nonc1CC(=O)N1CCC(c2nc(-c3ccc(Cl)cc3)no2)CC1. The Kier molecular flexibility index (Phi) is 4.89. The van der Waals surface area contributed by atoms with Gasteiger partial charge < -0.3 is 9.42 Å². The maximum Gasteiger partial charge on any atom is 0.230 e. The average molecular weight is 388 g/mol. The van der Waals surface area contributed by atoms with Gasteiger partial charge in [-0.25, -0.2) is 4.63 Å². The first-order chi connectivity index (χ1) is 13.1. The van der Waals surface area contributed by atoms with Crippen LogP contribution in [0.4, 0.5) is 0 Å². The molecule has 9 heteroatoms. The minimum absolute atomic E-state index is 0.0274. The Morgan fingerprint density at radius 3 is 2.59 bits per heavy atom. The van der Waals surface area contributed by atoms with Crippen LogP contribution in [0.25, 0.3) is 11.4 Å². The average Bonchev–Trinajstić information content (AvgIpc) is 3.32. The zero-order valence-corrected chi connectivity index (χ0v) is 15.5. The Hall–Kier alpha value is -2.74. The lowest BCUT2D eigenvalue weighted by molar-refractivity contribution is -0.131. The molecule has 3 heterocycles. The topological polar surface area (TPSA) is 98.2 Å². The molecule has 140 valence electrons. The molecule has 0 N–H and O–H groups in total. The molecule has 3 aromatic rings. The van der Waals surface area contributed by atoms with Crippen molar-refractivity contribution in [1.82, 2.24) is 25.4 Å². The van der Waals surface area contributed by atoms with E-state index in [-0.39, 0.29) is 18.2 Å². The zero-order valence-electron chi connectivity index (χ0n) is 14.8. The van der Waals surface area contributed by atoms with E-state index >= 15 is 0 Å². The summed E-state index contributed by atoms with van der Waals surface area (Å²) < 4.78 is 10.1. The summed E-state index contributed by atoms with van der Waals surface area (Å²) in [4.78, 5) is 18.8. The van der Waals surface area contributed by atoms with Crippen molar-refractivity contribution in [3.63, 3.8) is 0 Å². The van der Waals surface area contributed by atoms with Gasteiger partial charge in [0.2, 0.25) is 17.6 Å². The molecule has 27 heavy (non-hydrogen) atoms. The van der Waals surface area contributed by atoms with E-state index in [0.717, 1.165) is 18.4 Å². The first-order valence-electron chi connectivity index (χ1n) is 8.75. The summed E-state index contributed by atoms with van der Waals surface area (Å²) >= 11 is 5.91. The molecule has 1 saturated heterocycles. The number of likely N-dealkylation sites (tertiary alicyclic amines) is 1. The van der Waals surface area contributed by atoms with Crippen LogP contribution in [-0.4, -0.2) is 44.4 Å². The van der Waals surface area contributed by atoms with Crippen molar-refractivity contribution in [2.24, 2.45) is 0 Å². The molecule has 1 amide bonds. The first-order valence-corrected chi connectivity index (χ1v) is 9.13. The largest absolute Gasteiger partial charge is 0.342 e. The van der Waals surface area contributed by atoms with Gasteiger partial charge in [0.15, 0.2) is 0 Å². The van der Waals surface area contributed by atoms with E-state index in [2.05, 4.69) is 25.1 Å². The maximum atomic E-state index is 12.4. The summed E-state index contributed by atoms with van der Waals surface area (Å²) in [7, 11) is 0. The number of amides is 1. The lowest BCUT2D eigenvalue weighted by Gasteiger charge is -2.30.